The molecule has 0 bridgehead atoms. The molecule has 1 atom stereocenters. The highest BCUT2D eigenvalue weighted by Gasteiger charge is 2.35. The maximum atomic E-state index is 12.8. The van der Waals surface area contributed by atoms with E-state index >= 15 is 0 Å². The summed E-state index contributed by atoms with van der Waals surface area (Å²) >= 11 is 7.42. The lowest BCUT2D eigenvalue weighted by Gasteiger charge is -2.31. The van der Waals surface area contributed by atoms with Crippen LogP contribution in [0.1, 0.15) is 25.3 Å². The highest BCUT2D eigenvalue weighted by atomic mass is 35.5. The number of hydrogen-bond donors (Lipinski definition) is 1. The van der Waals surface area contributed by atoms with Crippen molar-refractivity contribution in [1.29, 1.82) is 0 Å². The van der Waals surface area contributed by atoms with Gasteiger partial charge in [0.05, 0.1) is 10.9 Å². The number of aryl methyl sites for hydroxylation is 1. The zero-order chi connectivity index (χ0) is 20.6. The molecule has 7 heteroatoms. The zero-order valence-corrected chi connectivity index (χ0v) is 17.9. The van der Waals surface area contributed by atoms with E-state index in [1.165, 1.54) is 17.3 Å². The molecule has 1 N–H and O–H groups in total. The first-order chi connectivity index (χ1) is 14.1. The van der Waals surface area contributed by atoms with Crippen LogP contribution < -0.4 is 5.32 Å². The molecule has 1 heterocycles. The van der Waals surface area contributed by atoms with E-state index in [0.29, 0.717) is 29.0 Å². The lowest BCUT2D eigenvalue weighted by molar-refractivity contribution is -0.130. The summed E-state index contributed by atoms with van der Waals surface area (Å²) < 4.78 is 0. The Balaban J connectivity index is 1.77. The van der Waals surface area contributed by atoms with Crippen LogP contribution in [0.2, 0.25) is 5.02 Å². The van der Waals surface area contributed by atoms with Gasteiger partial charge in [-0.1, -0.05) is 59.8 Å². The van der Waals surface area contributed by atoms with Gasteiger partial charge in [0.25, 0.3) is 0 Å². The molecule has 2 amide bonds. The lowest BCUT2D eigenvalue weighted by Crippen LogP contribution is -2.47. The monoisotopic (exact) mass is 429 g/mol. The molecule has 29 heavy (non-hydrogen) atoms. The zero-order valence-electron chi connectivity index (χ0n) is 16.3. The number of amidine groups is 1. The third kappa shape index (κ3) is 6.08. The van der Waals surface area contributed by atoms with Crippen molar-refractivity contribution in [3.05, 3.63) is 65.2 Å². The number of aliphatic imine (C=N–C) groups is 1. The van der Waals surface area contributed by atoms with Gasteiger partial charge in [0.1, 0.15) is 0 Å². The SMILES string of the molecule is CCNC(=O)C1CC(=O)N(CCCc2ccccc2)C(=Nc2cccc(Cl)c2)S1. The molecule has 1 aliphatic heterocycles. The molecule has 1 saturated heterocycles. The number of carbonyl (C=O) groups excluding carboxylic acids is 2. The summed E-state index contributed by atoms with van der Waals surface area (Å²) in [6.07, 6.45) is 1.87. The number of rotatable bonds is 7. The summed E-state index contributed by atoms with van der Waals surface area (Å²) in [6, 6.07) is 17.4. The van der Waals surface area contributed by atoms with Gasteiger partial charge in [0, 0.05) is 24.5 Å². The molecule has 0 saturated carbocycles. The molecule has 2 aromatic rings. The summed E-state index contributed by atoms with van der Waals surface area (Å²) in [5.41, 5.74) is 1.90. The van der Waals surface area contributed by atoms with Gasteiger partial charge in [0.15, 0.2) is 5.17 Å². The van der Waals surface area contributed by atoms with E-state index in [0.717, 1.165) is 12.8 Å². The molecule has 0 aromatic heterocycles. The van der Waals surface area contributed by atoms with Gasteiger partial charge in [-0.2, -0.15) is 0 Å². The summed E-state index contributed by atoms with van der Waals surface area (Å²) in [7, 11) is 0. The van der Waals surface area contributed by atoms with Gasteiger partial charge < -0.3 is 5.32 Å². The smallest absolute Gasteiger partial charge is 0.234 e. The van der Waals surface area contributed by atoms with Gasteiger partial charge in [-0.25, -0.2) is 4.99 Å². The molecule has 1 unspecified atom stereocenters. The number of carbonyl (C=O) groups is 2. The van der Waals surface area contributed by atoms with Gasteiger partial charge in [-0.3, -0.25) is 14.5 Å². The molecule has 152 valence electrons. The third-order valence-electron chi connectivity index (χ3n) is 4.51. The van der Waals surface area contributed by atoms with E-state index in [9.17, 15) is 9.59 Å². The van der Waals surface area contributed by atoms with Crippen molar-refractivity contribution < 1.29 is 9.59 Å². The maximum Gasteiger partial charge on any atom is 0.234 e. The van der Waals surface area contributed by atoms with Crippen molar-refractivity contribution in [2.24, 2.45) is 4.99 Å². The Hall–Kier alpha value is -2.31. The molecule has 5 nitrogen and oxygen atoms in total. The largest absolute Gasteiger partial charge is 0.355 e. The van der Waals surface area contributed by atoms with E-state index in [4.69, 9.17) is 11.6 Å². The normalized spacial score (nSPS) is 18.1. The van der Waals surface area contributed by atoms with Crippen LogP contribution >= 0.6 is 23.4 Å². The van der Waals surface area contributed by atoms with Gasteiger partial charge in [0.2, 0.25) is 11.8 Å². The van der Waals surface area contributed by atoms with Gasteiger partial charge in [-0.05, 0) is 43.5 Å². The average molecular weight is 430 g/mol. The highest BCUT2D eigenvalue weighted by Crippen LogP contribution is 2.30. The fourth-order valence-electron chi connectivity index (χ4n) is 3.09. The van der Waals surface area contributed by atoms with Crippen LogP contribution in [0.3, 0.4) is 0 Å². The van der Waals surface area contributed by atoms with Crippen molar-refractivity contribution in [2.75, 3.05) is 13.1 Å². The van der Waals surface area contributed by atoms with Crippen LogP contribution in [0.15, 0.2) is 59.6 Å². The molecule has 1 fully saturated rings. The summed E-state index contributed by atoms with van der Waals surface area (Å²) in [6.45, 7) is 2.96. The lowest BCUT2D eigenvalue weighted by atomic mass is 10.1. The van der Waals surface area contributed by atoms with E-state index in [-0.39, 0.29) is 18.2 Å². The van der Waals surface area contributed by atoms with Gasteiger partial charge in [-0.15, -0.1) is 0 Å². The second kappa shape index (κ2) is 10.5. The molecule has 0 aliphatic carbocycles. The van der Waals surface area contributed by atoms with Crippen LogP contribution in [-0.2, 0) is 16.0 Å². The molecular weight excluding hydrogens is 406 g/mol. The van der Waals surface area contributed by atoms with Crippen LogP contribution in [0.5, 0.6) is 0 Å². The summed E-state index contributed by atoms with van der Waals surface area (Å²) in [5, 5.41) is 3.46. The number of halogens is 1. The Morgan fingerprint density at radius 3 is 2.76 bits per heavy atom. The molecule has 2 aromatic carbocycles. The van der Waals surface area contributed by atoms with E-state index in [2.05, 4.69) is 22.4 Å². The number of benzene rings is 2. The minimum absolute atomic E-state index is 0.0751. The first kappa shape index (κ1) is 21.4. The summed E-state index contributed by atoms with van der Waals surface area (Å²) in [4.78, 5) is 31.5. The van der Waals surface area contributed by atoms with Crippen molar-refractivity contribution >= 4 is 46.0 Å². The average Bonchev–Trinajstić information content (AvgIpc) is 2.71. The molecular formula is C22H24ClN3O2S. The molecule has 3 rings (SSSR count). The van der Waals surface area contributed by atoms with Crippen LogP contribution in [-0.4, -0.2) is 40.2 Å². The minimum atomic E-state index is -0.467. The number of nitrogens with one attached hydrogen (secondary N) is 1. The van der Waals surface area contributed by atoms with Crippen molar-refractivity contribution in [3.8, 4) is 0 Å². The Bertz CT molecular complexity index is 889. The van der Waals surface area contributed by atoms with Crippen molar-refractivity contribution in [3.63, 3.8) is 0 Å². The topological polar surface area (TPSA) is 61.8 Å². The fourth-order valence-corrected chi connectivity index (χ4v) is 4.43. The van der Waals surface area contributed by atoms with E-state index in [1.54, 1.807) is 17.0 Å². The molecule has 0 spiro atoms. The van der Waals surface area contributed by atoms with Crippen LogP contribution in [0.25, 0.3) is 0 Å². The molecule has 0 radical (unpaired) electrons. The Morgan fingerprint density at radius 1 is 1.24 bits per heavy atom. The summed E-state index contributed by atoms with van der Waals surface area (Å²) in [5.74, 6) is -0.206. The Morgan fingerprint density at radius 2 is 2.03 bits per heavy atom. The first-order valence-electron chi connectivity index (χ1n) is 9.69. The van der Waals surface area contributed by atoms with Crippen LogP contribution in [0, 0.1) is 0 Å². The van der Waals surface area contributed by atoms with E-state index in [1.807, 2.05) is 37.3 Å². The Kier molecular flexibility index (Phi) is 7.72. The van der Waals surface area contributed by atoms with Crippen LogP contribution in [0.4, 0.5) is 5.69 Å². The fraction of sp³-hybridized carbons (Fsp3) is 0.318. The molecule has 1 aliphatic rings. The Labute approximate surface area is 180 Å². The second-order valence-electron chi connectivity index (χ2n) is 6.71. The first-order valence-corrected chi connectivity index (χ1v) is 11.0. The maximum absolute atomic E-state index is 12.8. The van der Waals surface area contributed by atoms with Gasteiger partial charge >= 0.3 is 0 Å². The number of nitrogens with zero attached hydrogens (tertiary/aromatic N) is 2. The predicted molar refractivity (Wildman–Crippen MR) is 120 cm³/mol. The standard InChI is InChI=1S/C22H24ClN3O2S/c1-2-24-21(28)19-15-20(27)26(13-7-10-16-8-4-3-5-9-16)22(29-19)25-18-12-6-11-17(23)14-18/h3-6,8-9,11-12,14,19H,2,7,10,13,15H2,1H3,(H,24,28). The van der Waals surface area contributed by atoms with E-state index < -0.39 is 5.25 Å². The minimum Gasteiger partial charge on any atom is -0.355 e. The quantitative estimate of drug-likeness (QED) is 0.708. The highest BCUT2D eigenvalue weighted by molar-refractivity contribution is 8.15. The third-order valence-corrected chi connectivity index (χ3v) is 5.93. The van der Waals surface area contributed by atoms with Crippen molar-refractivity contribution in [2.45, 2.75) is 31.4 Å². The number of hydrogen-bond acceptors (Lipinski definition) is 4. The number of thioether (sulfide) groups is 1. The van der Waals surface area contributed by atoms with Crippen molar-refractivity contribution in [1.82, 2.24) is 10.2 Å². The predicted octanol–water partition coefficient (Wildman–Crippen LogP) is 4.43. The number of amides is 2. The second-order valence-corrected chi connectivity index (χ2v) is 8.32.